The number of amides is 1. The Balaban J connectivity index is 1.93. The molecule has 1 amide bonds. The molecule has 128 valence electrons. The minimum Gasteiger partial charge on any atom is -0.391 e. The van der Waals surface area contributed by atoms with Crippen LogP contribution in [0.3, 0.4) is 0 Å². The minimum absolute atomic E-state index is 0.0726. The molecule has 0 spiro atoms. The fourth-order valence-corrected chi connectivity index (χ4v) is 3.02. The summed E-state index contributed by atoms with van der Waals surface area (Å²) in [6.07, 6.45) is -0.534. The van der Waals surface area contributed by atoms with Crippen molar-refractivity contribution in [2.45, 2.75) is 25.5 Å². The SMILES string of the molecule is Cc1nc(C(=O)N2C[C@H](O)C[C@H]2c2ccc(F)c(F)c2)ccc1C#N. The van der Waals surface area contributed by atoms with Crippen LogP contribution < -0.4 is 0 Å². The molecule has 0 saturated carbocycles. The molecule has 1 aromatic carbocycles. The number of nitrogens with zero attached hydrogens (tertiary/aromatic N) is 3. The highest BCUT2D eigenvalue weighted by atomic mass is 19.2. The van der Waals surface area contributed by atoms with Crippen LogP contribution in [0, 0.1) is 29.9 Å². The molecule has 2 atom stereocenters. The van der Waals surface area contributed by atoms with Gasteiger partial charge in [0.1, 0.15) is 11.8 Å². The van der Waals surface area contributed by atoms with E-state index in [4.69, 9.17) is 5.26 Å². The van der Waals surface area contributed by atoms with Crippen molar-refractivity contribution in [3.63, 3.8) is 0 Å². The number of pyridine rings is 1. The summed E-state index contributed by atoms with van der Waals surface area (Å²) in [6.45, 7) is 1.70. The van der Waals surface area contributed by atoms with E-state index < -0.39 is 29.7 Å². The molecule has 5 nitrogen and oxygen atoms in total. The molecule has 1 saturated heterocycles. The van der Waals surface area contributed by atoms with Gasteiger partial charge in [-0.3, -0.25) is 4.79 Å². The Morgan fingerprint density at radius 3 is 2.72 bits per heavy atom. The molecule has 1 fully saturated rings. The Hall–Kier alpha value is -2.85. The van der Waals surface area contributed by atoms with E-state index in [0.29, 0.717) is 16.8 Å². The van der Waals surface area contributed by atoms with E-state index in [1.807, 2.05) is 6.07 Å². The highest BCUT2D eigenvalue weighted by molar-refractivity contribution is 5.93. The average molecular weight is 343 g/mol. The van der Waals surface area contributed by atoms with Gasteiger partial charge in [-0.2, -0.15) is 5.26 Å². The third-order valence-electron chi connectivity index (χ3n) is 4.29. The first kappa shape index (κ1) is 17.0. The van der Waals surface area contributed by atoms with Crippen LogP contribution in [-0.4, -0.2) is 33.5 Å². The number of likely N-dealkylation sites (tertiary alicyclic amines) is 1. The van der Waals surface area contributed by atoms with Crippen LogP contribution in [0.2, 0.25) is 0 Å². The first-order valence-electron chi connectivity index (χ1n) is 7.72. The van der Waals surface area contributed by atoms with Crippen molar-refractivity contribution < 1.29 is 18.7 Å². The van der Waals surface area contributed by atoms with Crippen LogP contribution in [-0.2, 0) is 0 Å². The maximum Gasteiger partial charge on any atom is 0.273 e. The number of halogens is 2. The van der Waals surface area contributed by atoms with Crippen LogP contribution in [0.4, 0.5) is 8.78 Å². The molecule has 3 rings (SSSR count). The second-order valence-electron chi connectivity index (χ2n) is 5.98. The fourth-order valence-electron chi connectivity index (χ4n) is 3.02. The average Bonchev–Trinajstić information content (AvgIpc) is 2.98. The van der Waals surface area contributed by atoms with E-state index >= 15 is 0 Å². The number of aryl methyl sites for hydroxylation is 1. The zero-order chi connectivity index (χ0) is 18.1. The highest BCUT2D eigenvalue weighted by Crippen LogP contribution is 2.34. The molecule has 0 radical (unpaired) electrons. The largest absolute Gasteiger partial charge is 0.391 e. The number of aliphatic hydroxyl groups excluding tert-OH is 1. The van der Waals surface area contributed by atoms with E-state index in [1.54, 1.807) is 6.92 Å². The monoisotopic (exact) mass is 343 g/mol. The molecule has 1 aliphatic rings. The topological polar surface area (TPSA) is 77.2 Å². The fraction of sp³-hybridized carbons (Fsp3) is 0.278. The zero-order valence-corrected chi connectivity index (χ0v) is 13.4. The number of nitriles is 1. The summed E-state index contributed by atoms with van der Waals surface area (Å²) in [4.78, 5) is 18.3. The minimum atomic E-state index is -1.00. The zero-order valence-electron chi connectivity index (χ0n) is 13.4. The molecule has 2 heterocycles. The highest BCUT2D eigenvalue weighted by Gasteiger charge is 2.36. The van der Waals surface area contributed by atoms with E-state index in [0.717, 1.165) is 12.1 Å². The number of β-amino-alcohol motifs (C(OH)–C–C–N with tert-alkyl or cyclic N) is 1. The normalized spacial score (nSPS) is 19.7. The van der Waals surface area contributed by atoms with E-state index in [1.165, 1.54) is 23.1 Å². The van der Waals surface area contributed by atoms with Crippen LogP contribution in [0.15, 0.2) is 30.3 Å². The Bertz CT molecular complexity index is 879. The standard InChI is InChI=1S/C18H15F2N3O2/c1-10-12(8-21)3-5-16(22-10)18(25)23-9-13(24)7-17(23)11-2-4-14(19)15(20)6-11/h2-6,13,17,24H,7,9H2,1H3/t13-,17+/m1/s1. The molecule has 0 aliphatic carbocycles. The number of carbonyl (C=O) groups excluding carboxylic acids is 1. The van der Waals surface area contributed by atoms with Crippen molar-refractivity contribution in [2.75, 3.05) is 6.54 Å². The van der Waals surface area contributed by atoms with Crippen molar-refractivity contribution in [1.82, 2.24) is 9.88 Å². The molecule has 1 aromatic heterocycles. The predicted octanol–water partition coefficient (Wildman–Crippen LogP) is 2.49. The summed E-state index contributed by atoms with van der Waals surface area (Å²) in [5.74, 6) is -2.40. The molecule has 7 heteroatoms. The molecular weight excluding hydrogens is 328 g/mol. The molecule has 2 aromatic rings. The van der Waals surface area contributed by atoms with Gasteiger partial charge >= 0.3 is 0 Å². The lowest BCUT2D eigenvalue weighted by atomic mass is 10.0. The summed E-state index contributed by atoms with van der Waals surface area (Å²) in [5, 5.41) is 18.9. The summed E-state index contributed by atoms with van der Waals surface area (Å²) in [7, 11) is 0. The van der Waals surface area contributed by atoms with E-state index in [2.05, 4.69) is 4.98 Å². The maximum absolute atomic E-state index is 13.5. The van der Waals surface area contributed by atoms with Gasteiger partial charge in [0.2, 0.25) is 0 Å². The van der Waals surface area contributed by atoms with E-state index in [-0.39, 0.29) is 18.7 Å². The Kier molecular flexibility index (Phi) is 4.47. The van der Waals surface area contributed by atoms with Gasteiger partial charge in [0, 0.05) is 6.54 Å². The lowest BCUT2D eigenvalue weighted by Gasteiger charge is -2.24. The number of rotatable bonds is 2. The van der Waals surface area contributed by atoms with Gasteiger partial charge in [0.05, 0.1) is 23.4 Å². The first-order chi connectivity index (χ1) is 11.9. The van der Waals surface area contributed by atoms with Gasteiger partial charge in [-0.25, -0.2) is 13.8 Å². The number of aliphatic hydroxyl groups is 1. The van der Waals surface area contributed by atoms with Gasteiger partial charge in [-0.1, -0.05) is 6.07 Å². The number of carbonyl (C=O) groups is 1. The third kappa shape index (κ3) is 3.21. The quantitative estimate of drug-likeness (QED) is 0.909. The second kappa shape index (κ2) is 6.57. The number of benzene rings is 1. The lowest BCUT2D eigenvalue weighted by molar-refractivity contribution is 0.0709. The van der Waals surface area contributed by atoms with Crippen LogP contribution in [0.25, 0.3) is 0 Å². The molecule has 0 bridgehead atoms. The Labute approximate surface area is 143 Å². The molecule has 25 heavy (non-hydrogen) atoms. The number of hydrogen-bond acceptors (Lipinski definition) is 4. The molecular formula is C18H15F2N3O2. The Morgan fingerprint density at radius 1 is 1.32 bits per heavy atom. The van der Waals surface area contributed by atoms with Crippen LogP contribution >= 0.6 is 0 Å². The maximum atomic E-state index is 13.5. The van der Waals surface area contributed by atoms with Crippen molar-refractivity contribution in [2.24, 2.45) is 0 Å². The second-order valence-corrected chi connectivity index (χ2v) is 5.98. The summed E-state index contributed by atoms with van der Waals surface area (Å²) in [5.41, 5.74) is 1.35. The number of aromatic nitrogens is 1. The molecule has 0 unspecified atom stereocenters. The van der Waals surface area contributed by atoms with Gasteiger partial charge in [-0.05, 0) is 43.2 Å². The van der Waals surface area contributed by atoms with Crippen molar-refractivity contribution in [3.8, 4) is 6.07 Å². The molecule has 1 aliphatic heterocycles. The van der Waals surface area contributed by atoms with Crippen molar-refractivity contribution in [1.29, 1.82) is 5.26 Å². The summed E-state index contributed by atoms with van der Waals surface area (Å²) < 4.78 is 26.7. The predicted molar refractivity (Wildman–Crippen MR) is 84.4 cm³/mol. The van der Waals surface area contributed by atoms with Crippen LogP contribution in [0.5, 0.6) is 0 Å². The molecule has 1 N–H and O–H groups in total. The van der Waals surface area contributed by atoms with Crippen LogP contribution in [0.1, 0.15) is 39.8 Å². The van der Waals surface area contributed by atoms with Gasteiger partial charge in [0.15, 0.2) is 11.6 Å². The number of hydrogen-bond donors (Lipinski definition) is 1. The van der Waals surface area contributed by atoms with Gasteiger partial charge in [-0.15, -0.1) is 0 Å². The van der Waals surface area contributed by atoms with Gasteiger partial charge < -0.3 is 10.0 Å². The van der Waals surface area contributed by atoms with E-state index in [9.17, 15) is 18.7 Å². The summed E-state index contributed by atoms with van der Waals surface area (Å²) in [6, 6.07) is 7.80. The van der Waals surface area contributed by atoms with Crippen molar-refractivity contribution in [3.05, 3.63) is 64.5 Å². The lowest BCUT2D eigenvalue weighted by Crippen LogP contribution is -2.32. The summed E-state index contributed by atoms with van der Waals surface area (Å²) >= 11 is 0. The van der Waals surface area contributed by atoms with Crippen molar-refractivity contribution >= 4 is 5.91 Å². The first-order valence-corrected chi connectivity index (χ1v) is 7.72. The smallest absolute Gasteiger partial charge is 0.273 e. The third-order valence-corrected chi connectivity index (χ3v) is 4.29. The van der Waals surface area contributed by atoms with Gasteiger partial charge in [0.25, 0.3) is 5.91 Å². The Morgan fingerprint density at radius 2 is 2.08 bits per heavy atom.